The first-order chi connectivity index (χ1) is 16.8. The summed E-state index contributed by atoms with van der Waals surface area (Å²) in [7, 11) is 11.3. The number of hydrogen-bond acceptors (Lipinski definition) is 0. The molecule has 0 unspecified atom stereocenters. The summed E-state index contributed by atoms with van der Waals surface area (Å²) in [5.41, 5.74) is 8.68. The van der Waals surface area contributed by atoms with Crippen LogP contribution >= 0.6 is 17.2 Å². The van der Waals surface area contributed by atoms with E-state index in [1.54, 1.807) is 0 Å². The Bertz CT molecular complexity index is 1070. The van der Waals surface area contributed by atoms with E-state index in [2.05, 4.69) is 97.0 Å². The van der Waals surface area contributed by atoms with Crippen LogP contribution in [0.25, 0.3) is 21.5 Å². The molecule has 35 heavy (non-hydrogen) atoms. The molecule has 4 aromatic carbocycles. The second-order valence-corrected chi connectivity index (χ2v) is 32.7. The topological polar surface area (TPSA) is 0 Å². The van der Waals surface area contributed by atoms with E-state index in [0.717, 1.165) is 31.9 Å². The molecule has 0 amide bonds. The maximum atomic E-state index is 5.65. The van der Waals surface area contributed by atoms with Crippen LogP contribution in [0.2, 0.25) is 6.04 Å². The van der Waals surface area contributed by atoms with E-state index in [9.17, 15) is 0 Å². The van der Waals surface area contributed by atoms with Gasteiger partial charge < -0.3 is 0 Å². The van der Waals surface area contributed by atoms with Crippen molar-refractivity contribution in [1.29, 1.82) is 0 Å². The van der Waals surface area contributed by atoms with Gasteiger partial charge in [0.05, 0.1) is 0 Å². The van der Waals surface area contributed by atoms with Crippen molar-refractivity contribution in [2.45, 2.75) is 86.6 Å². The fraction of sp³-hybridized carbons (Fsp3) is 0.419. The van der Waals surface area contributed by atoms with Crippen molar-refractivity contribution in [2.24, 2.45) is 0 Å². The Kier molecular flexibility index (Phi) is 13.6. The van der Waals surface area contributed by atoms with Crippen LogP contribution in [-0.4, -0.2) is 6.22 Å². The first-order valence-electron chi connectivity index (χ1n) is 13.1. The summed E-state index contributed by atoms with van der Waals surface area (Å²) >= 11 is -1.80. The Labute approximate surface area is 229 Å². The third-order valence-corrected chi connectivity index (χ3v) is 19.6. The minimum Gasteiger partial charge on any atom is -0.165 e. The quantitative estimate of drug-likeness (QED) is 0.140. The SMILES string of the molecule is CCC[Si]=[Hf]([Cl])[Cl].CCc1ccc(CC)c2[cH-]c(C)cc12.CCc1ccc(CC)c2[cH-]c(C)cc12. The molecule has 0 bridgehead atoms. The molecule has 0 aromatic heterocycles. The van der Waals surface area contributed by atoms with Crippen molar-refractivity contribution in [3.8, 4) is 0 Å². The van der Waals surface area contributed by atoms with Gasteiger partial charge in [0.1, 0.15) is 0 Å². The van der Waals surface area contributed by atoms with Gasteiger partial charge in [0, 0.05) is 0 Å². The molecule has 4 aromatic rings. The van der Waals surface area contributed by atoms with Crippen LogP contribution in [0, 0.1) is 13.8 Å². The van der Waals surface area contributed by atoms with Crippen LogP contribution in [0.15, 0.2) is 48.5 Å². The van der Waals surface area contributed by atoms with E-state index >= 15 is 0 Å². The minimum absolute atomic E-state index is 0.932. The Morgan fingerprint density at radius 2 is 1.03 bits per heavy atom. The molecule has 0 aliphatic carbocycles. The Morgan fingerprint density at radius 3 is 1.31 bits per heavy atom. The maximum absolute atomic E-state index is 5.65. The number of fused-ring (bicyclic) bond motifs is 2. The molecule has 0 saturated carbocycles. The van der Waals surface area contributed by atoms with Gasteiger partial charge in [-0.25, -0.2) is 0 Å². The summed E-state index contributed by atoms with van der Waals surface area (Å²) in [6.45, 7) is 15.4. The molecule has 0 nitrogen and oxygen atoms in total. The van der Waals surface area contributed by atoms with Crippen molar-refractivity contribution < 1.29 is 17.7 Å². The summed E-state index contributed by atoms with van der Waals surface area (Å²) in [5, 5.41) is 5.85. The van der Waals surface area contributed by atoms with Crippen molar-refractivity contribution in [3.05, 3.63) is 81.9 Å². The van der Waals surface area contributed by atoms with Crippen molar-refractivity contribution in [1.82, 2.24) is 0 Å². The second-order valence-electron chi connectivity index (χ2n) is 9.09. The smallest absolute Gasteiger partial charge is 0.0397 e. The van der Waals surface area contributed by atoms with E-state index < -0.39 is 17.7 Å². The van der Waals surface area contributed by atoms with E-state index in [-0.39, 0.29) is 0 Å². The average Bonchev–Trinajstić information content (AvgIpc) is 3.44. The van der Waals surface area contributed by atoms with Gasteiger partial charge in [-0.3, -0.25) is 0 Å². The van der Waals surface area contributed by atoms with Gasteiger partial charge in [-0.15, -0.1) is 68.1 Å². The summed E-state index contributed by atoms with van der Waals surface area (Å²) in [6, 6.07) is 19.6. The number of aryl methyl sites for hydroxylation is 6. The zero-order chi connectivity index (χ0) is 26.0. The minimum atomic E-state index is -1.80. The third-order valence-electron chi connectivity index (χ3n) is 6.46. The predicted molar refractivity (Wildman–Crippen MR) is 159 cm³/mol. The molecule has 4 rings (SSSR count). The van der Waals surface area contributed by atoms with Crippen molar-refractivity contribution in [3.63, 3.8) is 0 Å². The first-order valence-corrected chi connectivity index (χ1v) is 28.6. The normalized spacial score (nSPS) is 10.5. The Balaban J connectivity index is 0.000000197. The fourth-order valence-electron chi connectivity index (χ4n) is 4.58. The molecule has 0 spiro atoms. The van der Waals surface area contributed by atoms with Gasteiger partial charge in [0.15, 0.2) is 0 Å². The van der Waals surface area contributed by atoms with E-state index in [4.69, 9.17) is 17.2 Å². The molecular weight excluding hydrogens is 650 g/mol. The zero-order valence-electron chi connectivity index (χ0n) is 22.6. The molecule has 4 heteroatoms. The van der Waals surface area contributed by atoms with Crippen LogP contribution in [-0.2, 0) is 43.4 Å². The molecular formula is C31H41Cl2HfSi-2. The largest absolute Gasteiger partial charge is 0.165 e. The predicted octanol–water partition coefficient (Wildman–Crippen LogP) is 10.3. The Hall–Kier alpha value is -0.673. The van der Waals surface area contributed by atoms with E-state index in [1.165, 1.54) is 67.4 Å². The number of hydrogen-bond donors (Lipinski definition) is 0. The summed E-state index contributed by atoms with van der Waals surface area (Å²) in [4.78, 5) is 0. The molecule has 0 aliphatic rings. The van der Waals surface area contributed by atoms with Gasteiger partial charge in [0.2, 0.25) is 0 Å². The van der Waals surface area contributed by atoms with E-state index in [0.29, 0.717) is 0 Å². The molecule has 0 heterocycles. The van der Waals surface area contributed by atoms with Crippen LogP contribution in [0.4, 0.5) is 0 Å². The summed E-state index contributed by atoms with van der Waals surface area (Å²) in [5.74, 6) is 0. The molecule has 0 atom stereocenters. The fourth-order valence-corrected chi connectivity index (χ4v) is 14.4. The molecule has 0 saturated heterocycles. The third kappa shape index (κ3) is 8.70. The van der Waals surface area contributed by atoms with Gasteiger partial charge in [0.25, 0.3) is 0 Å². The molecule has 189 valence electrons. The molecule has 0 aliphatic heterocycles. The van der Waals surface area contributed by atoms with Gasteiger partial charge >= 0.3 is 60.5 Å². The Morgan fingerprint density at radius 1 is 0.657 bits per heavy atom. The van der Waals surface area contributed by atoms with E-state index in [1.807, 2.05) is 0 Å². The number of benzene rings is 2. The van der Waals surface area contributed by atoms with Gasteiger partial charge in [-0.1, -0.05) is 77.6 Å². The summed E-state index contributed by atoms with van der Waals surface area (Å²) < 4.78 is 0. The van der Waals surface area contributed by atoms with Crippen LogP contribution in [0.1, 0.15) is 74.4 Å². The van der Waals surface area contributed by atoms with Crippen molar-refractivity contribution in [2.75, 3.05) is 0 Å². The molecule has 0 fully saturated rings. The van der Waals surface area contributed by atoms with Crippen LogP contribution in [0.5, 0.6) is 0 Å². The number of halogens is 2. The standard InChI is InChI=1S/2C14H17.C3H7Si.2ClH.Hf/c2*1-4-11-6-7-12(5-2)14-9-10(3)8-13(11)14;1-2-3-4;;;/h2*6-9H,4-5H2,1-3H3;2-3H2,1H3;2*1H;/q2*-1;;;;+2/p-2. The maximum Gasteiger partial charge on any atom is -0.0397 e. The molecule has 1 radical (unpaired) electrons. The molecule has 0 N–H and O–H groups in total. The summed E-state index contributed by atoms with van der Waals surface area (Å²) in [6.07, 6.45) is 6.69. The monoisotopic (exact) mass is 691 g/mol. The average molecular weight is 691 g/mol. The van der Waals surface area contributed by atoms with Crippen LogP contribution in [0.3, 0.4) is 0 Å². The van der Waals surface area contributed by atoms with Crippen LogP contribution < -0.4 is 0 Å². The van der Waals surface area contributed by atoms with Gasteiger partial charge in [-0.05, 0) is 12.8 Å². The zero-order valence-corrected chi connectivity index (χ0v) is 28.7. The second kappa shape index (κ2) is 15.5. The van der Waals surface area contributed by atoms with Crippen molar-refractivity contribution >= 4 is 44.9 Å². The first kappa shape index (κ1) is 30.6. The van der Waals surface area contributed by atoms with Gasteiger partial charge in [-0.2, -0.15) is 12.1 Å². The number of rotatable bonds is 6.